The molecule has 0 saturated carbocycles. The van der Waals surface area contributed by atoms with E-state index in [0.29, 0.717) is 5.56 Å². The highest BCUT2D eigenvalue weighted by atomic mass is 16.5. The monoisotopic (exact) mass is 274 g/mol. The second kappa shape index (κ2) is 5.52. The number of amides is 1. The molecule has 3 heterocycles. The van der Waals surface area contributed by atoms with Gasteiger partial charge >= 0.3 is 0 Å². The second-order valence-electron chi connectivity index (χ2n) is 5.97. The number of aryl methyl sites for hydroxylation is 1. The Bertz CT molecular complexity index is 468. The van der Waals surface area contributed by atoms with Crippen LogP contribution in [0.15, 0.2) is 18.3 Å². The summed E-state index contributed by atoms with van der Waals surface area (Å²) in [5, 5.41) is 0. The van der Waals surface area contributed by atoms with Gasteiger partial charge in [-0.25, -0.2) is 0 Å². The van der Waals surface area contributed by atoms with Crippen molar-refractivity contribution >= 4 is 5.91 Å². The van der Waals surface area contributed by atoms with Gasteiger partial charge in [-0.05, 0) is 51.2 Å². The number of carbonyl (C=O) groups is 1. The fraction of sp³-hybridized carbons (Fsp3) is 0.625. The normalized spacial score (nSPS) is 21.9. The van der Waals surface area contributed by atoms with Crippen LogP contribution in [-0.4, -0.2) is 41.1 Å². The summed E-state index contributed by atoms with van der Waals surface area (Å²) in [6, 6.07) is 3.76. The van der Waals surface area contributed by atoms with Gasteiger partial charge in [0.25, 0.3) is 5.91 Å². The number of hydrogen-bond acceptors (Lipinski definition) is 3. The van der Waals surface area contributed by atoms with E-state index in [-0.39, 0.29) is 11.5 Å². The van der Waals surface area contributed by atoms with Crippen molar-refractivity contribution in [2.75, 3.05) is 19.7 Å². The van der Waals surface area contributed by atoms with Gasteiger partial charge in [0.1, 0.15) is 0 Å². The van der Waals surface area contributed by atoms with Crippen LogP contribution in [0.2, 0.25) is 0 Å². The molecule has 0 N–H and O–H groups in total. The Balaban J connectivity index is 1.62. The SMILES string of the molecule is Cc1ccc(C(=O)N2CCC3(CCCCO3)CC2)cn1. The molecule has 4 heteroatoms. The lowest BCUT2D eigenvalue weighted by Crippen LogP contribution is -2.49. The minimum absolute atomic E-state index is 0.0561. The average molecular weight is 274 g/mol. The summed E-state index contributed by atoms with van der Waals surface area (Å²) in [6.45, 7) is 4.41. The van der Waals surface area contributed by atoms with Crippen molar-refractivity contribution in [1.82, 2.24) is 9.88 Å². The highest BCUT2D eigenvalue weighted by molar-refractivity contribution is 5.94. The van der Waals surface area contributed by atoms with Gasteiger partial charge < -0.3 is 9.64 Å². The van der Waals surface area contributed by atoms with Gasteiger partial charge in [0.05, 0.1) is 11.2 Å². The van der Waals surface area contributed by atoms with Crippen molar-refractivity contribution in [2.45, 2.75) is 44.6 Å². The van der Waals surface area contributed by atoms with E-state index < -0.39 is 0 Å². The van der Waals surface area contributed by atoms with Crippen molar-refractivity contribution in [1.29, 1.82) is 0 Å². The zero-order valence-electron chi connectivity index (χ0n) is 12.1. The van der Waals surface area contributed by atoms with E-state index in [1.54, 1.807) is 6.20 Å². The van der Waals surface area contributed by atoms with Crippen molar-refractivity contribution in [2.24, 2.45) is 0 Å². The molecule has 1 aromatic rings. The van der Waals surface area contributed by atoms with Crippen molar-refractivity contribution < 1.29 is 9.53 Å². The third-order valence-corrected chi connectivity index (χ3v) is 4.56. The molecule has 20 heavy (non-hydrogen) atoms. The lowest BCUT2D eigenvalue weighted by molar-refractivity contribution is -0.107. The van der Waals surface area contributed by atoms with E-state index in [0.717, 1.165) is 44.7 Å². The topological polar surface area (TPSA) is 42.4 Å². The maximum absolute atomic E-state index is 12.4. The van der Waals surface area contributed by atoms with E-state index in [1.165, 1.54) is 12.8 Å². The molecule has 2 saturated heterocycles. The van der Waals surface area contributed by atoms with Gasteiger partial charge in [-0.15, -0.1) is 0 Å². The van der Waals surface area contributed by atoms with Crippen LogP contribution >= 0.6 is 0 Å². The maximum Gasteiger partial charge on any atom is 0.255 e. The van der Waals surface area contributed by atoms with E-state index >= 15 is 0 Å². The van der Waals surface area contributed by atoms with Gasteiger partial charge in [-0.3, -0.25) is 9.78 Å². The average Bonchev–Trinajstić information content (AvgIpc) is 2.49. The minimum atomic E-state index is 0.0561. The molecule has 0 unspecified atom stereocenters. The fourth-order valence-corrected chi connectivity index (χ4v) is 3.20. The summed E-state index contributed by atoms with van der Waals surface area (Å²) in [5.74, 6) is 0.100. The molecular weight excluding hydrogens is 252 g/mol. The van der Waals surface area contributed by atoms with Crippen LogP contribution in [0.4, 0.5) is 0 Å². The lowest BCUT2D eigenvalue weighted by atomic mass is 9.84. The number of ether oxygens (including phenoxy) is 1. The molecule has 108 valence electrons. The van der Waals surface area contributed by atoms with E-state index in [9.17, 15) is 4.79 Å². The highest BCUT2D eigenvalue weighted by Gasteiger charge is 2.38. The summed E-state index contributed by atoms with van der Waals surface area (Å²) in [6.07, 6.45) is 7.21. The molecule has 0 aromatic carbocycles. The third-order valence-electron chi connectivity index (χ3n) is 4.56. The van der Waals surface area contributed by atoms with E-state index in [2.05, 4.69) is 4.98 Å². The van der Waals surface area contributed by atoms with Gasteiger partial charge in [-0.1, -0.05) is 0 Å². The van der Waals surface area contributed by atoms with Crippen LogP contribution in [0.25, 0.3) is 0 Å². The van der Waals surface area contributed by atoms with E-state index in [1.807, 2.05) is 24.0 Å². The number of aromatic nitrogens is 1. The predicted molar refractivity (Wildman–Crippen MR) is 76.6 cm³/mol. The molecule has 1 aromatic heterocycles. The van der Waals surface area contributed by atoms with Crippen molar-refractivity contribution in [3.8, 4) is 0 Å². The molecule has 3 rings (SSSR count). The first-order valence-electron chi connectivity index (χ1n) is 7.54. The Morgan fingerprint density at radius 2 is 2.05 bits per heavy atom. The largest absolute Gasteiger partial charge is 0.375 e. The van der Waals surface area contributed by atoms with Gasteiger partial charge in [-0.2, -0.15) is 0 Å². The van der Waals surface area contributed by atoms with Crippen LogP contribution in [0.1, 0.15) is 48.2 Å². The third kappa shape index (κ3) is 2.70. The van der Waals surface area contributed by atoms with Crippen LogP contribution < -0.4 is 0 Å². The molecule has 1 amide bonds. The summed E-state index contributed by atoms with van der Waals surface area (Å²) < 4.78 is 6.01. The second-order valence-corrected chi connectivity index (χ2v) is 5.97. The minimum Gasteiger partial charge on any atom is -0.375 e. The molecule has 0 radical (unpaired) electrons. The number of carbonyl (C=O) groups excluding carboxylic acids is 1. The molecule has 0 aliphatic carbocycles. The summed E-state index contributed by atoms with van der Waals surface area (Å²) in [7, 11) is 0. The van der Waals surface area contributed by atoms with Gasteiger partial charge in [0.2, 0.25) is 0 Å². The molecule has 0 bridgehead atoms. The highest BCUT2D eigenvalue weighted by Crippen LogP contribution is 2.35. The molecule has 1 spiro atoms. The summed E-state index contributed by atoms with van der Waals surface area (Å²) in [4.78, 5) is 18.6. The standard InChI is InChI=1S/C16H22N2O2/c1-13-4-5-14(12-17-13)15(19)18-9-7-16(8-10-18)6-2-3-11-20-16/h4-5,12H,2-3,6-11H2,1H3. The number of piperidine rings is 1. The first-order valence-corrected chi connectivity index (χ1v) is 7.54. The van der Waals surface area contributed by atoms with E-state index in [4.69, 9.17) is 4.74 Å². The van der Waals surface area contributed by atoms with Crippen LogP contribution in [0.5, 0.6) is 0 Å². The Labute approximate surface area is 120 Å². The zero-order valence-corrected chi connectivity index (χ0v) is 12.1. The molecular formula is C16H22N2O2. The van der Waals surface area contributed by atoms with Crippen LogP contribution in [-0.2, 0) is 4.74 Å². The number of hydrogen-bond donors (Lipinski definition) is 0. The molecule has 4 nitrogen and oxygen atoms in total. The van der Waals surface area contributed by atoms with Gasteiger partial charge in [0.15, 0.2) is 0 Å². The molecule has 0 atom stereocenters. The molecule has 2 aliphatic rings. The fourth-order valence-electron chi connectivity index (χ4n) is 3.20. The van der Waals surface area contributed by atoms with Crippen molar-refractivity contribution in [3.05, 3.63) is 29.6 Å². The summed E-state index contributed by atoms with van der Waals surface area (Å²) >= 11 is 0. The Morgan fingerprint density at radius 1 is 1.25 bits per heavy atom. The Hall–Kier alpha value is -1.42. The lowest BCUT2D eigenvalue weighted by Gasteiger charge is -2.43. The maximum atomic E-state index is 12.4. The van der Waals surface area contributed by atoms with Crippen LogP contribution in [0.3, 0.4) is 0 Å². The quantitative estimate of drug-likeness (QED) is 0.790. The smallest absolute Gasteiger partial charge is 0.255 e. The number of likely N-dealkylation sites (tertiary alicyclic amines) is 1. The molecule has 2 aliphatic heterocycles. The Morgan fingerprint density at radius 3 is 2.65 bits per heavy atom. The van der Waals surface area contributed by atoms with Gasteiger partial charge in [0, 0.05) is 31.6 Å². The number of nitrogens with zero attached hydrogens (tertiary/aromatic N) is 2. The van der Waals surface area contributed by atoms with Crippen LogP contribution in [0, 0.1) is 6.92 Å². The predicted octanol–water partition coefficient (Wildman–Crippen LogP) is 2.57. The number of rotatable bonds is 1. The first kappa shape index (κ1) is 13.6. The molecule has 2 fully saturated rings. The zero-order chi connectivity index (χ0) is 14.0. The summed E-state index contributed by atoms with van der Waals surface area (Å²) in [5.41, 5.74) is 1.69. The number of pyridine rings is 1. The Kier molecular flexibility index (Phi) is 3.74. The van der Waals surface area contributed by atoms with Crippen molar-refractivity contribution in [3.63, 3.8) is 0 Å². The first-order chi connectivity index (χ1) is 9.69.